The summed E-state index contributed by atoms with van der Waals surface area (Å²) in [4.78, 5) is 35.5. The summed E-state index contributed by atoms with van der Waals surface area (Å²) >= 11 is 1.33. The molecule has 1 amide bonds. The van der Waals surface area contributed by atoms with Crippen LogP contribution in [-0.2, 0) is 35.6 Å². The lowest BCUT2D eigenvalue weighted by molar-refractivity contribution is -0.122. The summed E-state index contributed by atoms with van der Waals surface area (Å²) in [6.07, 6.45) is 3.72. The molecule has 0 aromatic carbocycles. The van der Waals surface area contributed by atoms with Gasteiger partial charge in [-0.1, -0.05) is 0 Å². The summed E-state index contributed by atoms with van der Waals surface area (Å²) in [5.74, 6) is 0.364. The fourth-order valence-electron chi connectivity index (χ4n) is 3.98. The van der Waals surface area contributed by atoms with Crippen LogP contribution in [0.25, 0.3) is 20.4 Å². The van der Waals surface area contributed by atoms with Gasteiger partial charge >= 0.3 is 0 Å². The molecule has 4 aromatic rings. The number of nitrogens with one attached hydrogen (secondary N) is 1. The molecule has 0 unspecified atom stereocenters. The van der Waals surface area contributed by atoms with Gasteiger partial charge in [0.2, 0.25) is 5.91 Å². The zero-order valence-electron chi connectivity index (χ0n) is 17.5. The predicted molar refractivity (Wildman–Crippen MR) is 117 cm³/mol. The summed E-state index contributed by atoms with van der Waals surface area (Å²) < 4.78 is 13.0. The molecule has 0 fully saturated rings. The van der Waals surface area contributed by atoms with E-state index in [0.29, 0.717) is 22.6 Å². The molecular formula is C22H22N4O4S. The maximum Gasteiger partial charge on any atom is 0.271 e. The second kappa shape index (κ2) is 7.28. The van der Waals surface area contributed by atoms with E-state index in [-0.39, 0.29) is 30.2 Å². The lowest BCUT2D eigenvalue weighted by Crippen LogP contribution is -2.32. The third-order valence-electron chi connectivity index (χ3n) is 5.58. The van der Waals surface area contributed by atoms with Gasteiger partial charge in [-0.05, 0) is 38.5 Å². The Kier molecular flexibility index (Phi) is 4.67. The van der Waals surface area contributed by atoms with Gasteiger partial charge in [-0.3, -0.25) is 14.2 Å². The number of aryl methyl sites for hydroxylation is 1. The summed E-state index contributed by atoms with van der Waals surface area (Å²) in [6.45, 7) is 6.76. The van der Waals surface area contributed by atoms with Gasteiger partial charge in [0.1, 0.15) is 21.8 Å². The Morgan fingerprint density at radius 1 is 1.35 bits per heavy atom. The van der Waals surface area contributed by atoms with E-state index in [2.05, 4.69) is 24.1 Å². The van der Waals surface area contributed by atoms with Crippen molar-refractivity contribution >= 4 is 37.7 Å². The van der Waals surface area contributed by atoms with Crippen molar-refractivity contribution in [3.63, 3.8) is 0 Å². The molecule has 0 saturated carbocycles. The van der Waals surface area contributed by atoms with Crippen molar-refractivity contribution in [2.45, 2.75) is 52.5 Å². The molecule has 0 aliphatic carbocycles. The Labute approximate surface area is 181 Å². The average molecular weight is 439 g/mol. The number of hydrogen-bond donors (Lipinski definition) is 1. The number of rotatable bonds is 4. The molecule has 4 aromatic heterocycles. The molecule has 8 nitrogen and oxygen atoms in total. The first kappa shape index (κ1) is 19.9. The number of nitrogens with zero attached hydrogens (tertiary/aromatic N) is 3. The van der Waals surface area contributed by atoms with E-state index in [9.17, 15) is 9.59 Å². The smallest absolute Gasteiger partial charge is 0.271 e. The minimum absolute atomic E-state index is 0.109. The quantitative estimate of drug-likeness (QED) is 0.526. The third-order valence-corrected chi connectivity index (χ3v) is 6.64. The first-order valence-electron chi connectivity index (χ1n) is 10.1. The van der Waals surface area contributed by atoms with Crippen LogP contribution in [0.1, 0.15) is 36.4 Å². The van der Waals surface area contributed by atoms with Crippen molar-refractivity contribution in [3.8, 4) is 0 Å². The molecule has 9 heteroatoms. The number of pyridine rings is 1. The number of carbonyl (C=O) groups is 1. The van der Waals surface area contributed by atoms with Crippen molar-refractivity contribution in [3.05, 3.63) is 57.7 Å². The van der Waals surface area contributed by atoms with Crippen molar-refractivity contribution in [2.75, 3.05) is 0 Å². The fraction of sp³-hybridized carbons (Fsp3) is 0.364. The summed E-state index contributed by atoms with van der Waals surface area (Å²) in [6, 6.07) is 3.53. The lowest BCUT2D eigenvalue weighted by Gasteiger charge is -2.32. The van der Waals surface area contributed by atoms with Crippen molar-refractivity contribution < 1.29 is 13.9 Å². The molecule has 0 atom stereocenters. The Morgan fingerprint density at radius 2 is 2.19 bits per heavy atom. The average Bonchev–Trinajstić information content (AvgIpc) is 3.35. The van der Waals surface area contributed by atoms with Gasteiger partial charge in [0.15, 0.2) is 0 Å². The number of furan rings is 1. The number of amides is 1. The Balaban J connectivity index is 1.53. The van der Waals surface area contributed by atoms with Gasteiger partial charge in [0.25, 0.3) is 5.56 Å². The largest absolute Gasteiger partial charge is 0.467 e. The van der Waals surface area contributed by atoms with E-state index in [1.807, 2.05) is 6.92 Å². The van der Waals surface area contributed by atoms with Gasteiger partial charge in [0.05, 0.1) is 36.9 Å². The minimum Gasteiger partial charge on any atom is -0.467 e. The monoisotopic (exact) mass is 438 g/mol. The SMILES string of the molecule is Cc1nc2sc3c(=O)n(CC(=O)NCc4ccco4)cnc3c2c2c1COC(C)(C)C2. The van der Waals surface area contributed by atoms with E-state index in [1.165, 1.54) is 22.2 Å². The zero-order chi connectivity index (χ0) is 21.8. The van der Waals surface area contributed by atoms with Crippen LogP contribution in [0, 0.1) is 6.92 Å². The molecule has 0 bridgehead atoms. The lowest BCUT2D eigenvalue weighted by atomic mass is 9.89. The highest BCUT2D eigenvalue weighted by Crippen LogP contribution is 2.39. The van der Waals surface area contributed by atoms with Crippen LogP contribution in [-0.4, -0.2) is 26.0 Å². The van der Waals surface area contributed by atoms with E-state index in [4.69, 9.17) is 14.1 Å². The standard InChI is InChI=1S/C22H22N4O4S/c1-12-15-10-30-22(2,3)7-14(15)17-18-19(31-20(17)25-12)21(28)26(11-24-18)9-16(27)23-8-13-5-4-6-29-13/h4-6,11H,7-10H2,1-3H3,(H,23,27). The molecule has 31 heavy (non-hydrogen) atoms. The van der Waals surface area contributed by atoms with Crippen LogP contribution in [0.5, 0.6) is 0 Å². The van der Waals surface area contributed by atoms with Crippen molar-refractivity contribution in [2.24, 2.45) is 0 Å². The van der Waals surface area contributed by atoms with Gasteiger partial charge in [0, 0.05) is 23.1 Å². The van der Waals surface area contributed by atoms with Gasteiger partial charge < -0.3 is 14.5 Å². The van der Waals surface area contributed by atoms with E-state index >= 15 is 0 Å². The summed E-state index contributed by atoms with van der Waals surface area (Å²) in [5, 5.41) is 3.68. The maximum atomic E-state index is 13.1. The third kappa shape index (κ3) is 3.53. The number of ether oxygens (including phenoxy) is 1. The zero-order valence-corrected chi connectivity index (χ0v) is 18.3. The topological polar surface area (TPSA) is 99.2 Å². The maximum absolute atomic E-state index is 13.1. The Hall–Kier alpha value is -3.04. The number of fused-ring (bicyclic) bond motifs is 5. The second-order valence-electron chi connectivity index (χ2n) is 8.37. The first-order chi connectivity index (χ1) is 14.8. The fourth-order valence-corrected chi connectivity index (χ4v) is 5.14. The Bertz CT molecular complexity index is 1370. The highest BCUT2D eigenvalue weighted by atomic mass is 32.1. The van der Waals surface area contributed by atoms with E-state index < -0.39 is 0 Å². The number of hydrogen-bond acceptors (Lipinski definition) is 7. The van der Waals surface area contributed by atoms with Crippen LogP contribution in [0.15, 0.2) is 33.9 Å². The molecule has 0 saturated heterocycles. The number of thiophene rings is 1. The number of carbonyl (C=O) groups excluding carboxylic acids is 1. The summed E-state index contributed by atoms with van der Waals surface area (Å²) in [5.41, 5.74) is 3.28. The molecule has 0 radical (unpaired) electrons. The van der Waals surface area contributed by atoms with Crippen LogP contribution >= 0.6 is 11.3 Å². The normalized spacial score (nSPS) is 15.3. The van der Waals surface area contributed by atoms with E-state index in [1.54, 1.807) is 18.4 Å². The van der Waals surface area contributed by atoms with Crippen molar-refractivity contribution in [1.82, 2.24) is 19.9 Å². The van der Waals surface area contributed by atoms with Crippen LogP contribution in [0.4, 0.5) is 0 Å². The molecule has 5 rings (SSSR count). The molecule has 5 heterocycles. The highest BCUT2D eigenvalue weighted by Gasteiger charge is 2.31. The Morgan fingerprint density at radius 3 is 2.97 bits per heavy atom. The molecule has 1 N–H and O–H groups in total. The first-order valence-corrected chi connectivity index (χ1v) is 10.9. The summed E-state index contributed by atoms with van der Waals surface area (Å²) in [7, 11) is 0. The minimum atomic E-state index is -0.289. The van der Waals surface area contributed by atoms with Gasteiger partial charge in [-0.2, -0.15) is 0 Å². The molecule has 0 spiro atoms. The molecule has 1 aliphatic heterocycles. The highest BCUT2D eigenvalue weighted by molar-refractivity contribution is 7.25. The predicted octanol–water partition coefficient (Wildman–Crippen LogP) is 3.08. The molecular weight excluding hydrogens is 416 g/mol. The van der Waals surface area contributed by atoms with Crippen molar-refractivity contribution in [1.29, 1.82) is 0 Å². The van der Waals surface area contributed by atoms with Crippen LogP contribution in [0.3, 0.4) is 0 Å². The van der Waals surface area contributed by atoms with Crippen LogP contribution in [0.2, 0.25) is 0 Å². The van der Waals surface area contributed by atoms with Gasteiger partial charge in [-0.25, -0.2) is 9.97 Å². The second-order valence-corrected chi connectivity index (χ2v) is 9.37. The van der Waals surface area contributed by atoms with Gasteiger partial charge in [-0.15, -0.1) is 11.3 Å². The number of aromatic nitrogens is 3. The van der Waals surface area contributed by atoms with E-state index in [0.717, 1.165) is 33.5 Å². The van der Waals surface area contributed by atoms with Crippen LogP contribution < -0.4 is 10.9 Å². The molecule has 160 valence electrons. The molecule has 1 aliphatic rings.